The molecule has 0 saturated heterocycles. The fourth-order valence-electron chi connectivity index (χ4n) is 2.65. The molecule has 0 bridgehead atoms. The van der Waals surface area contributed by atoms with E-state index >= 15 is 0 Å². The third kappa shape index (κ3) is 3.05. The Morgan fingerprint density at radius 2 is 1.80 bits per heavy atom. The van der Waals surface area contributed by atoms with Gasteiger partial charge in [-0.15, -0.1) is 12.6 Å². The number of nitrogens with one attached hydrogen (secondary N) is 1. The molecule has 0 atom stereocenters. The molecule has 2 nitrogen and oxygen atoms in total. The van der Waals surface area contributed by atoms with Gasteiger partial charge in [-0.05, 0) is 60.2 Å². The number of benzene rings is 2. The molecule has 3 rings (SSSR count). The van der Waals surface area contributed by atoms with Crippen molar-refractivity contribution in [2.45, 2.75) is 30.6 Å². The van der Waals surface area contributed by atoms with Crippen LogP contribution in [0, 0.1) is 0 Å². The van der Waals surface area contributed by atoms with E-state index in [1.807, 2.05) is 30.3 Å². The molecule has 0 aliphatic heterocycles. The molecule has 0 saturated carbocycles. The van der Waals surface area contributed by atoms with E-state index in [0.717, 1.165) is 22.6 Å². The van der Waals surface area contributed by atoms with Crippen molar-refractivity contribution < 1.29 is 4.79 Å². The van der Waals surface area contributed by atoms with Gasteiger partial charge < -0.3 is 5.32 Å². The summed E-state index contributed by atoms with van der Waals surface area (Å²) in [6.45, 7) is 0. The van der Waals surface area contributed by atoms with Crippen molar-refractivity contribution in [3.63, 3.8) is 0 Å². The van der Waals surface area contributed by atoms with Crippen LogP contribution in [-0.2, 0) is 24.1 Å². The highest BCUT2D eigenvalue weighted by atomic mass is 32.1. The van der Waals surface area contributed by atoms with Crippen molar-refractivity contribution in [1.29, 1.82) is 0 Å². The fourth-order valence-corrected chi connectivity index (χ4v) is 2.80. The second-order valence-corrected chi connectivity index (χ2v) is 5.74. The molecule has 1 aliphatic rings. The monoisotopic (exact) mass is 283 g/mol. The number of aryl methyl sites for hydroxylation is 2. The molecule has 0 unspecified atom stereocenters. The maximum atomic E-state index is 12.0. The number of hydrogen-bond donors (Lipinski definition) is 2. The molecular weight excluding hydrogens is 266 g/mol. The number of carbonyl (C=O) groups is 1. The third-order valence-corrected chi connectivity index (χ3v) is 3.98. The minimum absolute atomic E-state index is 0.0230. The van der Waals surface area contributed by atoms with Gasteiger partial charge in [0.15, 0.2) is 0 Å². The summed E-state index contributed by atoms with van der Waals surface area (Å²) < 4.78 is 0. The van der Waals surface area contributed by atoms with Crippen molar-refractivity contribution in [3.8, 4) is 0 Å². The normalized spacial score (nSPS) is 13.1. The molecule has 0 aromatic heterocycles. The number of thiol groups is 1. The Bertz CT molecular complexity index is 634. The zero-order valence-electron chi connectivity index (χ0n) is 11.2. The molecule has 0 fully saturated rings. The molecule has 1 aliphatic carbocycles. The minimum Gasteiger partial charge on any atom is -0.326 e. The molecule has 0 radical (unpaired) electrons. The van der Waals surface area contributed by atoms with Crippen LogP contribution in [0.25, 0.3) is 0 Å². The second-order valence-electron chi connectivity index (χ2n) is 5.23. The summed E-state index contributed by atoms with van der Waals surface area (Å²) in [5.74, 6) is 0.0230. The average Bonchev–Trinajstić information content (AvgIpc) is 2.89. The van der Waals surface area contributed by atoms with E-state index in [1.165, 1.54) is 24.0 Å². The summed E-state index contributed by atoms with van der Waals surface area (Å²) in [6.07, 6.45) is 3.91. The smallest absolute Gasteiger partial charge is 0.228 e. The first-order valence-corrected chi connectivity index (χ1v) is 7.35. The molecule has 1 amide bonds. The summed E-state index contributed by atoms with van der Waals surface area (Å²) in [5, 5.41) is 2.98. The van der Waals surface area contributed by atoms with Gasteiger partial charge in [-0.2, -0.15) is 0 Å². The molecule has 3 heteroatoms. The predicted octanol–water partition coefficient (Wildman–Crippen LogP) is 3.65. The fraction of sp³-hybridized carbons (Fsp3) is 0.235. The predicted molar refractivity (Wildman–Crippen MR) is 84.5 cm³/mol. The van der Waals surface area contributed by atoms with Crippen LogP contribution in [0.2, 0.25) is 0 Å². The Labute approximate surface area is 124 Å². The molecular formula is C17H17NOS. The Morgan fingerprint density at radius 3 is 2.60 bits per heavy atom. The Balaban J connectivity index is 1.65. The number of hydrogen-bond acceptors (Lipinski definition) is 2. The quantitative estimate of drug-likeness (QED) is 0.827. The summed E-state index contributed by atoms with van der Waals surface area (Å²) in [6, 6.07) is 13.9. The van der Waals surface area contributed by atoms with Gasteiger partial charge in [0.05, 0.1) is 6.42 Å². The van der Waals surface area contributed by atoms with Crippen LogP contribution in [0.1, 0.15) is 23.1 Å². The number of anilines is 1. The van der Waals surface area contributed by atoms with Crippen molar-refractivity contribution in [2.24, 2.45) is 0 Å². The average molecular weight is 283 g/mol. The second kappa shape index (κ2) is 5.71. The van der Waals surface area contributed by atoms with Crippen molar-refractivity contribution in [1.82, 2.24) is 0 Å². The summed E-state index contributed by atoms with van der Waals surface area (Å²) in [4.78, 5) is 12.9. The highest BCUT2D eigenvalue weighted by Gasteiger charge is 2.11. The van der Waals surface area contributed by atoms with Crippen LogP contribution in [0.4, 0.5) is 5.69 Å². The van der Waals surface area contributed by atoms with E-state index in [2.05, 4.69) is 30.1 Å². The maximum Gasteiger partial charge on any atom is 0.228 e. The Hall–Kier alpha value is -1.74. The van der Waals surface area contributed by atoms with E-state index in [1.54, 1.807) is 0 Å². The van der Waals surface area contributed by atoms with Crippen LogP contribution in [0.5, 0.6) is 0 Å². The van der Waals surface area contributed by atoms with Crippen LogP contribution < -0.4 is 5.32 Å². The van der Waals surface area contributed by atoms with Crippen LogP contribution in [0.15, 0.2) is 47.4 Å². The lowest BCUT2D eigenvalue weighted by Gasteiger charge is -2.07. The van der Waals surface area contributed by atoms with Crippen LogP contribution in [-0.4, -0.2) is 5.91 Å². The first-order chi connectivity index (χ1) is 9.70. The van der Waals surface area contributed by atoms with Gasteiger partial charge in [0, 0.05) is 10.6 Å². The molecule has 2 aromatic rings. The lowest BCUT2D eigenvalue weighted by Crippen LogP contribution is -2.14. The molecule has 1 N–H and O–H groups in total. The number of carbonyl (C=O) groups excluding carboxylic acids is 1. The SMILES string of the molecule is O=C(Cc1ccc(S)cc1)Nc1ccc2c(c1)CCC2. The lowest BCUT2D eigenvalue weighted by molar-refractivity contribution is -0.115. The van der Waals surface area contributed by atoms with Crippen LogP contribution >= 0.6 is 12.6 Å². The molecule has 20 heavy (non-hydrogen) atoms. The number of amides is 1. The first kappa shape index (κ1) is 13.3. The molecule has 102 valence electrons. The van der Waals surface area contributed by atoms with Crippen molar-refractivity contribution in [2.75, 3.05) is 5.32 Å². The summed E-state index contributed by atoms with van der Waals surface area (Å²) in [7, 11) is 0. The minimum atomic E-state index is 0.0230. The zero-order chi connectivity index (χ0) is 13.9. The Kier molecular flexibility index (Phi) is 3.79. The summed E-state index contributed by atoms with van der Waals surface area (Å²) >= 11 is 4.24. The lowest BCUT2D eigenvalue weighted by atomic mass is 10.1. The molecule has 2 aromatic carbocycles. The van der Waals surface area contributed by atoms with Gasteiger partial charge in [-0.25, -0.2) is 0 Å². The largest absolute Gasteiger partial charge is 0.326 e. The van der Waals surface area contributed by atoms with Crippen molar-refractivity contribution >= 4 is 24.2 Å². The van der Waals surface area contributed by atoms with E-state index < -0.39 is 0 Å². The topological polar surface area (TPSA) is 29.1 Å². The van der Waals surface area contributed by atoms with Gasteiger partial charge in [0.1, 0.15) is 0 Å². The van der Waals surface area contributed by atoms with E-state index in [0.29, 0.717) is 6.42 Å². The number of rotatable bonds is 3. The van der Waals surface area contributed by atoms with E-state index in [-0.39, 0.29) is 5.91 Å². The third-order valence-electron chi connectivity index (χ3n) is 3.68. The standard InChI is InChI=1S/C17H17NOS/c19-17(10-12-4-8-16(20)9-5-12)18-15-7-6-13-2-1-3-14(13)11-15/h4-9,11,20H,1-3,10H2,(H,18,19). The van der Waals surface area contributed by atoms with E-state index in [4.69, 9.17) is 0 Å². The first-order valence-electron chi connectivity index (χ1n) is 6.90. The van der Waals surface area contributed by atoms with Gasteiger partial charge in [0.25, 0.3) is 0 Å². The van der Waals surface area contributed by atoms with Gasteiger partial charge in [-0.3, -0.25) is 4.79 Å². The highest BCUT2D eigenvalue weighted by molar-refractivity contribution is 7.80. The molecule has 0 heterocycles. The van der Waals surface area contributed by atoms with Gasteiger partial charge >= 0.3 is 0 Å². The Morgan fingerprint density at radius 1 is 1.05 bits per heavy atom. The van der Waals surface area contributed by atoms with Crippen molar-refractivity contribution in [3.05, 3.63) is 59.2 Å². The van der Waals surface area contributed by atoms with Crippen LogP contribution in [0.3, 0.4) is 0 Å². The zero-order valence-corrected chi connectivity index (χ0v) is 12.1. The maximum absolute atomic E-state index is 12.0. The summed E-state index contributed by atoms with van der Waals surface area (Å²) in [5.41, 5.74) is 4.71. The van der Waals surface area contributed by atoms with E-state index in [9.17, 15) is 4.79 Å². The van der Waals surface area contributed by atoms with Gasteiger partial charge in [0.2, 0.25) is 5.91 Å². The highest BCUT2D eigenvalue weighted by Crippen LogP contribution is 2.24. The number of fused-ring (bicyclic) bond motifs is 1. The van der Waals surface area contributed by atoms with Gasteiger partial charge in [-0.1, -0.05) is 18.2 Å². The molecule has 0 spiro atoms.